The van der Waals surface area contributed by atoms with E-state index < -0.39 is 11.7 Å². The zero-order valence-electron chi connectivity index (χ0n) is 13.0. The number of carbonyl (C=O) groups is 1. The zero-order valence-corrected chi connectivity index (χ0v) is 13.9. The molecule has 3 aromatic rings. The maximum absolute atomic E-state index is 12.7. The first kappa shape index (κ1) is 16.2. The number of benzene rings is 1. The van der Waals surface area contributed by atoms with Gasteiger partial charge in [0.2, 0.25) is 0 Å². The number of H-pyrrole nitrogens is 1. The van der Waals surface area contributed by atoms with Gasteiger partial charge in [0.1, 0.15) is 4.83 Å². The summed E-state index contributed by atoms with van der Waals surface area (Å²) in [7, 11) is 0. The minimum absolute atomic E-state index is 0.0829. The van der Waals surface area contributed by atoms with Crippen molar-refractivity contribution in [3.05, 3.63) is 56.0 Å². The van der Waals surface area contributed by atoms with Crippen LogP contribution in [-0.4, -0.2) is 20.6 Å². The number of hydrogen-bond donors (Lipinski definition) is 2. The molecule has 3 rings (SSSR count). The molecule has 2 heterocycles. The number of nitrogens with zero attached hydrogens (tertiary/aromatic N) is 1. The van der Waals surface area contributed by atoms with Gasteiger partial charge in [-0.2, -0.15) is 0 Å². The topological polar surface area (TPSA) is 92.2 Å². The summed E-state index contributed by atoms with van der Waals surface area (Å²) < 4.78 is 1.08. The molecular formula is C17H16N2O4S. The van der Waals surface area contributed by atoms with Crippen molar-refractivity contribution in [2.45, 2.75) is 26.3 Å². The molecule has 0 saturated heterocycles. The third kappa shape index (κ3) is 3.03. The van der Waals surface area contributed by atoms with Gasteiger partial charge in [0, 0.05) is 23.9 Å². The Kier molecular flexibility index (Phi) is 4.35. The van der Waals surface area contributed by atoms with Crippen LogP contribution in [0.15, 0.2) is 39.2 Å². The Hall–Kier alpha value is -2.67. The number of aryl methyl sites for hydroxylation is 1. The maximum atomic E-state index is 12.7. The molecule has 0 aliphatic rings. The molecular weight excluding hydrogens is 328 g/mol. The van der Waals surface area contributed by atoms with Crippen molar-refractivity contribution < 1.29 is 9.90 Å². The van der Waals surface area contributed by atoms with Crippen molar-refractivity contribution in [3.63, 3.8) is 0 Å². The van der Waals surface area contributed by atoms with Crippen molar-refractivity contribution in [1.82, 2.24) is 9.55 Å². The summed E-state index contributed by atoms with van der Waals surface area (Å²) in [5.74, 6) is -0.948. The highest BCUT2D eigenvalue weighted by Crippen LogP contribution is 2.30. The number of aromatic amines is 1. The molecule has 0 unspecified atom stereocenters. The van der Waals surface area contributed by atoms with E-state index in [9.17, 15) is 14.4 Å². The van der Waals surface area contributed by atoms with E-state index in [1.807, 2.05) is 36.6 Å². The number of nitrogens with one attached hydrogen (secondary N) is 1. The molecule has 0 aliphatic carbocycles. The van der Waals surface area contributed by atoms with Crippen molar-refractivity contribution in [2.75, 3.05) is 0 Å². The van der Waals surface area contributed by atoms with Crippen molar-refractivity contribution in [3.8, 4) is 11.1 Å². The molecule has 0 amide bonds. The maximum Gasteiger partial charge on any atom is 0.329 e. The lowest BCUT2D eigenvalue weighted by molar-refractivity contribution is -0.137. The summed E-state index contributed by atoms with van der Waals surface area (Å²) in [5, 5.41) is 11.0. The van der Waals surface area contributed by atoms with Gasteiger partial charge in [0.05, 0.1) is 5.39 Å². The van der Waals surface area contributed by atoms with E-state index in [4.69, 9.17) is 5.11 Å². The summed E-state index contributed by atoms with van der Waals surface area (Å²) in [6.07, 6.45) is 0.145. The highest BCUT2D eigenvalue weighted by atomic mass is 32.1. The van der Waals surface area contributed by atoms with Crippen LogP contribution in [0.25, 0.3) is 21.3 Å². The Morgan fingerprint density at radius 3 is 2.62 bits per heavy atom. The quantitative estimate of drug-likeness (QED) is 0.744. The van der Waals surface area contributed by atoms with Gasteiger partial charge in [-0.1, -0.05) is 29.8 Å². The van der Waals surface area contributed by atoms with Gasteiger partial charge in [-0.25, -0.2) is 4.79 Å². The van der Waals surface area contributed by atoms with Crippen LogP contribution < -0.4 is 11.2 Å². The Morgan fingerprint density at radius 2 is 1.96 bits per heavy atom. The third-order valence-electron chi connectivity index (χ3n) is 3.85. The average molecular weight is 344 g/mol. The van der Waals surface area contributed by atoms with E-state index in [1.165, 1.54) is 11.3 Å². The molecule has 0 fully saturated rings. The molecule has 1 aromatic carbocycles. The Morgan fingerprint density at radius 1 is 1.25 bits per heavy atom. The molecule has 0 saturated carbocycles. The highest BCUT2D eigenvalue weighted by molar-refractivity contribution is 7.17. The lowest BCUT2D eigenvalue weighted by Crippen LogP contribution is -2.34. The molecule has 0 bridgehead atoms. The minimum atomic E-state index is -0.948. The molecule has 7 heteroatoms. The van der Waals surface area contributed by atoms with Gasteiger partial charge < -0.3 is 5.11 Å². The predicted octanol–water partition coefficient (Wildman–Crippen LogP) is 2.59. The number of carboxylic acids is 1. The van der Waals surface area contributed by atoms with Gasteiger partial charge in [-0.3, -0.25) is 19.1 Å². The normalized spacial score (nSPS) is 11.0. The second kappa shape index (κ2) is 6.45. The van der Waals surface area contributed by atoms with Crippen molar-refractivity contribution in [1.29, 1.82) is 0 Å². The van der Waals surface area contributed by atoms with Crippen LogP contribution in [-0.2, 0) is 11.3 Å². The smallest absolute Gasteiger partial charge is 0.329 e. The summed E-state index contributed by atoms with van der Waals surface area (Å²) in [4.78, 5) is 38.7. The fourth-order valence-corrected chi connectivity index (χ4v) is 3.54. The lowest BCUT2D eigenvalue weighted by atomic mass is 10.1. The van der Waals surface area contributed by atoms with Gasteiger partial charge in [-0.15, -0.1) is 11.3 Å². The van der Waals surface area contributed by atoms with Crippen LogP contribution in [0, 0.1) is 6.92 Å². The second-order valence-corrected chi connectivity index (χ2v) is 6.48. The van der Waals surface area contributed by atoms with Gasteiger partial charge >= 0.3 is 11.7 Å². The van der Waals surface area contributed by atoms with E-state index in [2.05, 4.69) is 4.98 Å². The van der Waals surface area contributed by atoms with Gasteiger partial charge in [0.25, 0.3) is 5.56 Å². The molecule has 124 valence electrons. The number of rotatable bonds is 5. The number of carboxylic acid groups (broad SMARTS) is 1. The molecule has 0 aliphatic heterocycles. The van der Waals surface area contributed by atoms with Gasteiger partial charge in [-0.05, 0) is 18.9 Å². The van der Waals surface area contributed by atoms with E-state index in [0.717, 1.165) is 21.3 Å². The van der Waals surface area contributed by atoms with E-state index in [0.29, 0.717) is 10.2 Å². The monoisotopic (exact) mass is 344 g/mol. The van der Waals surface area contributed by atoms with Crippen molar-refractivity contribution in [2.24, 2.45) is 0 Å². The Labute approximate surface area is 141 Å². The SMILES string of the molecule is Cc1ccc(-c2csc3[nH]c(=O)n(CCCC(=O)O)c(=O)c23)cc1. The number of thiophene rings is 1. The Balaban J connectivity index is 2.10. The minimum Gasteiger partial charge on any atom is -0.481 e. The fourth-order valence-electron chi connectivity index (χ4n) is 2.59. The molecule has 0 atom stereocenters. The molecule has 0 spiro atoms. The number of aliphatic carboxylic acids is 1. The fraction of sp³-hybridized carbons (Fsp3) is 0.235. The number of hydrogen-bond acceptors (Lipinski definition) is 4. The third-order valence-corrected chi connectivity index (χ3v) is 4.75. The molecule has 2 N–H and O–H groups in total. The van der Waals surface area contributed by atoms with Crippen LogP contribution in [0.2, 0.25) is 0 Å². The first-order valence-corrected chi connectivity index (χ1v) is 8.38. The van der Waals surface area contributed by atoms with Gasteiger partial charge in [0.15, 0.2) is 0 Å². The molecule has 6 nitrogen and oxygen atoms in total. The van der Waals surface area contributed by atoms with Crippen LogP contribution >= 0.6 is 11.3 Å². The summed E-state index contributed by atoms with van der Waals surface area (Å²) in [6, 6.07) is 7.82. The van der Waals surface area contributed by atoms with Crippen LogP contribution in [0.5, 0.6) is 0 Å². The average Bonchev–Trinajstić information content (AvgIpc) is 2.95. The standard InChI is InChI=1S/C17H16N2O4S/c1-10-4-6-11(7-5-10)12-9-24-15-14(12)16(22)19(17(23)18-15)8-2-3-13(20)21/h4-7,9H,2-3,8H2,1H3,(H,18,23)(H,20,21). The first-order chi connectivity index (χ1) is 11.5. The first-order valence-electron chi connectivity index (χ1n) is 7.50. The van der Waals surface area contributed by atoms with Crippen LogP contribution in [0.3, 0.4) is 0 Å². The molecule has 24 heavy (non-hydrogen) atoms. The summed E-state index contributed by atoms with van der Waals surface area (Å²) in [5.41, 5.74) is 1.93. The number of aromatic nitrogens is 2. The van der Waals surface area contributed by atoms with Crippen LogP contribution in [0.1, 0.15) is 18.4 Å². The largest absolute Gasteiger partial charge is 0.481 e. The van der Waals surface area contributed by atoms with E-state index in [-0.39, 0.29) is 24.9 Å². The highest BCUT2D eigenvalue weighted by Gasteiger charge is 2.15. The second-order valence-electron chi connectivity index (χ2n) is 5.60. The molecule has 2 aromatic heterocycles. The number of fused-ring (bicyclic) bond motifs is 1. The van der Waals surface area contributed by atoms with E-state index in [1.54, 1.807) is 0 Å². The lowest BCUT2D eigenvalue weighted by Gasteiger charge is -2.05. The van der Waals surface area contributed by atoms with Crippen LogP contribution in [0.4, 0.5) is 0 Å². The molecule has 0 radical (unpaired) electrons. The van der Waals surface area contributed by atoms with Crippen molar-refractivity contribution >= 4 is 27.5 Å². The summed E-state index contributed by atoms with van der Waals surface area (Å²) >= 11 is 1.32. The Bertz CT molecular complexity index is 1010. The zero-order chi connectivity index (χ0) is 17.3. The summed E-state index contributed by atoms with van der Waals surface area (Å²) in [6.45, 7) is 2.07. The predicted molar refractivity (Wildman–Crippen MR) is 93.7 cm³/mol. The van der Waals surface area contributed by atoms with E-state index >= 15 is 0 Å².